The Balaban J connectivity index is 1.25. The lowest BCUT2D eigenvalue weighted by atomic mass is 10.1. The molecule has 1 atom stereocenters. The van der Waals surface area contributed by atoms with Crippen molar-refractivity contribution in [2.45, 2.75) is 44.6 Å². The van der Waals surface area contributed by atoms with E-state index in [4.69, 9.17) is 0 Å². The summed E-state index contributed by atoms with van der Waals surface area (Å²) in [6.07, 6.45) is 5.33. The number of amides is 2. The summed E-state index contributed by atoms with van der Waals surface area (Å²) in [5.74, 6) is 0.482. The number of aliphatic hydroxyl groups is 1. The van der Waals surface area contributed by atoms with Crippen LogP contribution < -0.4 is 9.80 Å². The maximum absolute atomic E-state index is 14.9. The monoisotopic (exact) mass is 452 g/mol. The van der Waals surface area contributed by atoms with Crippen molar-refractivity contribution < 1.29 is 19.1 Å². The summed E-state index contributed by atoms with van der Waals surface area (Å²) in [7, 11) is 0. The molecule has 0 radical (unpaired) electrons. The fourth-order valence-corrected chi connectivity index (χ4v) is 4.95. The highest BCUT2D eigenvalue weighted by atomic mass is 19.1. The van der Waals surface area contributed by atoms with Gasteiger partial charge in [0.1, 0.15) is 11.6 Å². The van der Waals surface area contributed by atoms with E-state index in [2.05, 4.69) is 22.9 Å². The highest BCUT2D eigenvalue weighted by Crippen LogP contribution is 2.40. The fraction of sp³-hybridized carbons (Fsp3) is 0.480. The van der Waals surface area contributed by atoms with Gasteiger partial charge < -0.3 is 19.8 Å². The van der Waals surface area contributed by atoms with Crippen molar-refractivity contribution >= 4 is 23.3 Å². The van der Waals surface area contributed by atoms with Gasteiger partial charge in [-0.1, -0.05) is 6.07 Å². The lowest BCUT2D eigenvalue weighted by Crippen LogP contribution is -2.49. The average molecular weight is 453 g/mol. The second-order valence-corrected chi connectivity index (χ2v) is 9.27. The molecule has 3 heterocycles. The van der Waals surface area contributed by atoms with Crippen molar-refractivity contribution in [3.63, 3.8) is 0 Å². The van der Waals surface area contributed by atoms with Gasteiger partial charge in [-0.25, -0.2) is 9.37 Å². The number of piperazine rings is 1. The van der Waals surface area contributed by atoms with Gasteiger partial charge in [0.05, 0.1) is 18.2 Å². The third-order valence-electron chi connectivity index (χ3n) is 6.98. The highest BCUT2D eigenvalue weighted by Gasteiger charge is 2.33. The SMILES string of the molecule is Cc1cc(C2CC2)cnc1N1CCN(C(=O)c2ccc(N3C(=O)CC[C@H]3CO)cc2F)CC1. The van der Waals surface area contributed by atoms with E-state index in [0.29, 0.717) is 50.6 Å². The molecule has 174 valence electrons. The second kappa shape index (κ2) is 8.74. The molecule has 1 aliphatic carbocycles. The van der Waals surface area contributed by atoms with E-state index >= 15 is 0 Å². The zero-order valence-corrected chi connectivity index (χ0v) is 18.8. The van der Waals surface area contributed by atoms with Crippen LogP contribution in [-0.2, 0) is 4.79 Å². The molecule has 1 aromatic heterocycles. The first-order valence-corrected chi connectivity index (χ1v) is 11.7. The number of carbonyl (C=O) groups is 2. The van der Waals surface area contributed by atoms with Crippen LogP contribution in [0.3, 0.4) is 0 Å². The zero-order valence-electron chi connectivity index (χ0n) is 18.8. The molecule has 2 aromatic rings. The number of anilines is 2. The van der Waals surface area contributed by atoms with Gasteiger partial charge in [-0.05, 0) is 61.4 Å². The molecular formula is C25H29FN4O3. The molecule has 0 spiro atoms. The average Bonchev–Trinajstić information content (AvgIpc) is 3.60. The normalized spacial score (nSPS) is 21.1. The molecule has 1 saturated carbocycles. The van der Waals surface area contributed by atoms with Gasteiger partial charge in [0.2, 0.25) is 5.91 Å². The summed E-state index contributed by atoms with van der Waals surface area (Å²) >= 11 is 0. The number of halogens is 1. The predicted molar refractivity (Wildman–Crippen MR) is 123 cm³/mol. The predicted octanol–water partition coefficient (Wildman–Crippen LogP) is 2.86. The Hall–Kier alpha value is -3.00. The first kappa shape index (κ1) is 21.8. The van der Waals surface area contributed by atoms with Gasteiger partial charge in [0, 0.05) is 44.5 Å². The summed E-state index contributed by atoms with van der Waals surface area (Å²) in [5, 5.41) is 9.50. The highest BCUT2D eigenvalue weighted by molar-refractivity contribution is 5.98. The van der Waals surface area contributed by atoms with Crippen molar-refractivity contribution in [1.82, 2.24) is 9.88 Å². The van der Waals surface area contributed by atoms with Crippen LogP contribution >= 0.6 is 0 Å². The zero-order chi connectivity index (χ0) is 23.1. The van der Waals surface area contributed by atoms with Gasteiger partial charge in [-0.15, -0.1) is 0 Å². The number of hydrogen-bond donors (Lipinski definition) is 1. The third kappa shape index (κ3) is 4.19. The first-order chi connectivity index (χ1) is 16.0. The molecule has 0 bridgehead atoms. The Morgan fingerprint density at radius 2 is 1.91 bits per heavy atom. The Bertz CT molecular complexity index is 1080. The van der Waals surface area contributed by atoms with Crippen molar-refractivity contribution in [2.75, 3.05) is 42.6 Å². The maximum atomic E-state index is 14.9. The van der Waals surface area contributed by atoms with Gasteiger partial charge in [0.25, 0.3) is 5.91 Å². The summed E-state index contributed by atoms with van der Waals surface area (Å²) in [6.45, 7) is 4.17. The summed E-state index contributed by atoms with van der Waals surface area (Å²) in [5.41, 5.74) is 2.84. The molecule has 7 nitrogen and oxygen atoms in total. The molecule has 33 heavy (non-hydrogen) atoms. The van der Waals surface area contributed by atoms with E-state index in [1.807, 2.05) is 6.20 Å². The minimum absolute atomic E-state index is 0.00230. The molecular weight excluding hydrogens is 423 g/mol. The fourth-order valence-electron chi connectivity index (χ4n) is 4.95. The van der Waals surface area contributed by atoms with Crippen molar-refractivity contribution in [3.05, 3.63) is 53.0 Å². The molecule has 8 heteroatoms. The van der Waals surface area contributed by atoms with Crippen LogP contribution in [0.1, 0.15) is 53.1 Å². The van der Waals surface area contributed by atoms with E-state index in [-0.39, 0.29) is 30.0 Å². The first-order valence-electron chi connectivity index (χ1n) is 11.7. The van der Waals surface area contributed by atoms with E-state index in [1.54, 1.807) is 11.0 Å². The third-order valence-corrected chi connectivity index (χ3v) is 6.98. The number of rotatable bonds is 5. The Morgan fingerprint density at radius 3 is 2.55 bits per heavy atom. The van der Waals surface area contributed by atoms with Crippen LogP contribution in [0.5, 0.6) is 0 Å². The van der Waals surface area contributed by atoms with Crippen molar-refractivity contribution in [1.29, 1.82) is 0 Å². The molecule has 3 aliphatic rings. The quantitative estimate of drug-likeness (QED) is 0.755. The molecule has 2 aliphatic heterocycles. The lowest BCUT2D eigenvalue weighted by Gasteiger charge is -2.36. The van der Waals surface area contributed by atoms with E-state index < -0.39 is 5.82 Å². The molecule has 3 fully saturated rings. The molecule has 0 unspecified atom stereocenters. The summed E-state index contributed by atoms with van der Waals surface area (Å²) < 4.78 is 14.9. The van der Waals surface area contributed by atoms with Gasteiger partial charge >= 0.3 is 0 Å². The Labute approximate surface area is 192 Å². The number of aliphatic hydroxyl groups excluding tert-OH is 1. The van der Waals surface area contributed by atoms with Crippen LogP contribution in [0.25, 0.3) is 0 Å². The molecule has 1 aromatic carbocycles. The molecule has 2 saturated heterocycles. The molecule has 5 rings (SSSR count). The number of aryl methyl sites for hydroxylation is 1. The number of hydrogen-bond acceptors (Lipinski definition) is 5. The second-order valence-electron chi connectivity index (χ2n) is 9.27. The molecule has 1 N–H and O–H groups in total. The molecule has 2 amide bonds. The Morgan fingerprint density at radius 1 is 1.15 bits per heavy atom. The van der Waals surface area contributed by atoms with Crippen LogP contribution in [0, 0.1) is 12.7 Å². The van der Waals surface area contributed by atoms with Gasteiger partial charge in [-0.3, -0.25) is 9.59 Å². The van der Waals surface area contributed by atoms with Crippen LogP contribution in [0.15, 0.2) is 30.5 Å². The summed E-state index contributed by atoms with van der Waals surface area (Å²) in [6, 6.07) is 6.14. The van der Waals surface area contributed by atoms with E-state index in [1.165, 1.54) is 35.4 Å². The largest absolute Gasteiger partial charge is 0.394 e. The summed E-state index contributed by atoms with van der Waals surface area (Å²) in [4.78, 5) is 35.1. The smallest absolute Gasteiger partial charge is 0.256 e. The van der Waals surface area contributed by atoms with Crippen LogP contribution in [-0.4, -0.2) is 65.6 Å². The topological polar surface area (TPSA) is 77.0 Å². The maximum Gasteiger partial charge on any atom is 0.256 e. The van der Waals surface area contributed by atoms with Crippen molar-refractivity contribution in [3.8, 4) is 0 Å². The lowest BCUT2D eigenvalue weighted by molar-refractivity contribution is -0.117. The minimum Gasteiger partial charge on any atom is -0.394 e. The van der Waals surface area contributed by atoms with Gasteiger partial charge in [-0.2, -0.15) is 0 Å². The van der Waals surface area contributed by atoms with Crippen molar-refractivity contribution in [2.24, 2.45) is 0 Å². The van der Waals surface area contributed by atoms with E-state index in [9.17, 15) is 19.1 Å². The number of aromatic nitrogens is 1. The Kier molecular flexibility index (Phi) is 5.78. The minimum atomic E-state index is -0.649. The number of carbonyl (C=O) groups excluding carboxylic acids is 2. The van der Waals surface area contributed by atoms with Crippen LogP contribution in [0.4, 0.5) is 15.9 Å². The number of pyridine rings is 1. The van der Waals surface area contributed by atoms with Gasteiger partial charge in [0.15, 0.2) is 0 Å². The standard InChI is InChI=1S/C25H29FN4O3/c1-16-12-18(17-2-3-17)14-27-24(16)28-8-10-29(11-9-28)25(33)21-6-4-19(13-22(21)26)30-20(15-31)5-7-23(30)32/h4,6,12-14,17,20,31H,2-3,5,7-11,15H2,1H3/t20-/m0/s1. The number of benzene rings is 1. The van der Waals surface area contributed by atoms with Crippen LogP contribution in [0.2, 0.25) is 0 Å². The number of nitrogens with zero attached hydrogens (tertiary/aromatic N) is 4. The van der Waals surface area contributed by atoms with E-state index in [0.717, 1.165) is 11.4 Å².